The number of nitro groups is 1. The maximum atomic E-state index is 12.8. The number of carbonyl (C=O) groups is 1. The molecule has 0 fully saturated rings. The number of carbonyl (C=O) groups excluding carboxylic acids is 1. The van der Waals surface area contributed by atoms with E-state index in [-0.39, 0.29) is 23.1 Å². The molecular formula is C20H21F3N2O5S. The molecule has 0 radical (unpaired) electrons. The number of ether oxygens (including phenoxy) is 2. The molecule has 11 heteroatoms. The largest absolute Gasteiger partial charge is 0.493 e. The van der Waals surface area contributed by atoms with Crippen LogP contribution in [0.15, 0.2) is 41.3 Å². The molecule has 1 amide bonds. The Morgan fingerprint density at radius 2 is 1.81 bits per heavy atom. The van der Waals surface area contributed by atoms with Crippen LogP contribution in [-0.4, -0.2) is 42.2 Å². The molecule has 0 aliphatic carbocycles. The molecule has 0 spiro atoms. The summed E-state index contributed by atoms with van der Waals surface area (Å²) in [6.07, 6.45) is -4.69. The molecule has 0 saturated carbocycles. The van der Waals surface area contributed by atoms with Gasteiger partial charge in [-0.1, -0.05) is 6.07 Å². The van der Waals surface area contributed by atoms with Gasteiger partial charge in [-0.15, -0.1) is 11.8 Å². The molecule has 2 rings (SSSR count). The minimum Gasteiger partial charge on any atom is -0.493 e. The maximum Gasteiger partial charge on any atom is 0.416 e. The van der Waals surface area contributed by atoms with Gasteiger partial charge in [-0.2, -0.15) is 13.2 Å². The van der Waals surface area contributed by atoms with Crippen LogP contribution in [0.3, 0.4) is 0 Å². The minimum atomic E-state index is -4.69. The normalized spacial score (nSPS) is 11.2. The molecule has 7 nitrogen and oxygen atoms in total. The van der Waals surface area contributed by atoms with Crippen LogP contribution in [0.2, 0.25) is 0 Å². The first-order valence-corrected chi connectivity index (χ1v) is 10.1. The van der Waals surface area contributed by atoms with Crippen LogP contribution in [-0.2, 0) is 17.5 Å². The van der Waals surface area contributed by atoms with Crippen molar-refractivity contribution >= 4 is 23.4 Å². The Morgan fingerprint density at radius 1 is 1.13 bits per heavy atom. The van der Waals surface area contributed by atoms with Crippen LogP contribution in [0.5, 0.6) is 11.5 Å². The molecule has 0 aliphatic rings. The number of amides is 1. The molecule has 0 atom stereocenters. The van der Waals surface area contributed by atoms with Gasteiger partial charge in [0.05, 0.1) is 35.4 Å². The van der Waals surface area contributed by atoms with Gasteiger partial charge >= 0.3 is 6.18 Å². The monoisotopic (exact) mass is 458 g/mol. The van der Waals surface area contributed by atoms with Crippen molar-refractivity contribution in [1.82, 2.24) is 4.90 Å². The summed E-state index contributed by atoms with van der Waals surface area (Å²) < 4.78 is 48.9. The van der Waals surface area contributed by atoms with Gasteiger partial charge in [-0.25, -0.2) is 0 Å². The second-order valence-electron chi connectivity index (χ2n) is 6.32. The average molecular weight is 458 g/mol. The second-order valence-corrected chi connectivity index (χ2v) is 7.34. The van der Waals surface area contributed by atoms with Crippen LogP contribution in [0.25, 0.3) is 0 Å². The van der Waals surface area contributed by atoms with E-state index in [1.807, 2.05) is 0 Å². The molecule has 0 unspecified atom stereocenters. The zero-order valence-electron chi connectivity index (χ0n) is 17.1. The van der Waals surface area contributed by atoms with Gasteiger partial charge in [0.15, 0.2) is 11.5 Å². The Kier molecular flexibility index (Phi) is 8.14. The number of benzene rings is 2. The minimum absolute atomic E-state index is 0.00600. The van der Waals surface area contributed by atoms with Gasteiger partial charge in [-0.05, 0) is 36.8 Å². The number of hydrogen-bond acceptors (Lipinski definition) is 6. The molecule has 168 valence electrons. The highest BCUT2D eigenvalue weighted by atomic mass is 32.2. The van der Waals surface area contributed by atoms with E-state index in [1.165, 1.54) is 19.1 Å². The zero-order valence-corrected chi connectivity index (χ0v) is 17.9. The first-order chi connectivity index (χ1) is 14.6. The number of rotatable bonds is 9. The van der Waals surface area contributed by atoms with E-state index < -0.39 is 22.4 Å². The Labute approximate surface area is 181 Å². The predicted molar refractivity (Wildman–Crippen MR) is 109 cm³/mol. The van der Waals surface area contributed by atoms with Gasteiger partial charge in [0.2, 0.25) is 5.91 Å². The van der Waals surface area contributed by atoms with Crippen LogP contribution in [0.4, 0.5) is 18.9 Å². The molecule has 2 aromatic carbocycles. The van der Waals surface area contributed by atoms with Crippen molar-refractivity contribution in [2.75, 3.05) is 26.5 Å². The Balaban J connectivity index is 2.12. The lowest BCUT2D eigenvalue weighted by molar-refractivity contribution is -0.388. The molecule has 0 saturated heterocycles. The molecule has 31 heavy (non-hydrogen) atoms. The van der Waals surface area contributed by atoms with Crippen LogP contribution in [0, 0.1) is 10.1 Å². The summed E-state index contributed by atoms with van der Waals surface area (Å²) in [5, 5.41) is 11.2. The van der Waals surface area contributed by atoms with Gasteiger partial charge < -0.3 is 14.4 Å². The SMILES string of the molecule is CCN(Cc1ccc(OC)c(OC)c1)C(=O)CSc1ccc(C(F)(F)F)cc1[N+](=O)[O-]. The summed E-state index contributed by atoms with van der Waals surface area (Å²) in [7, 11) is 3.01. The van der Waals surface area contributed by atoms with E-state index in [1.54, 1.807) is 25.1 Å². The maximum absolute atomic E-state index is 12.8. The summed E-state index contributed by atoms with van der Waals surface area (Å²) in [4.78, 5) is 24.5. The third-order valence-electron chi connectivity index (χ3n) is 4.39. The van der Waals surface area contributed by atoms with Crippen molar-refractivity contribution in [3.05, 3.63) is 57.6 Å². The highest BCUT2D eigenvalue weighted by Crippen LogP contribution is 2.36. The fourth-order valence-electron chi connectivity index (χ4n) is 2.76. The van der Waals surface area contributed by atoms with E-state index in [0.29, 0.717) is 24.1 Å². The van der Waals surface area contributed by atoms with Crippen molar-refractivity contribution in [3.63, 3.8) is 0 Å². The number of thioether (sulfide) groups is 1. The van der Waals surface area contributed by atoms with Gasteiger partial charge in [0.25, 0.3) is 5.69 Å². The first-order valence-electron chi connectivity index (χ1n) is 9.07. The summed E-state index contributed by atoms with van der Waals surface area (Å²) in [6.45, 7) is 2.43. The molecule has 0 bridgehead atoms. The predicted octanol–water partition coefficient (Wildman–Crippen LogP) is 4.77. The van der Waals surface area contributed by atoms with Crippen molar-refractivity contribution in [1.29, 1.82) is 0 Å². The highest BCUT2D eigenvalue weighted by molar-refractivity contribution is 8.00. The second kappa shape index (κ2) is 10.4. The Hall–Kier alpha value is -2.95. The number of alkyl halides is 3. The lowest BCUT2D eigenvalue weighted by Gasteiger charge is -2.21. The molecule has 0 heterocycles. The average Bonchev–Trinajstić information content (AvgIpc) is 2.74. The third-order valence-corrected chi connectivity index (χ3v) is 5.44. The Bertz CT molecular complexity index is 953. The lowest BCUT2D eigenvalue weighted by atomic mass is 10.2. The van der Waals surface area contributed by atoms with Crippen molar-refractivity contribution in [2.24, 2.45) is 0 Å². The molecule has 2 aromatic rings. The van der Waals surface area contributed by atoms with Gasteiger partial charge in [0, 0.05) is 19.2 Å². The van der Waals surface area contributed by atoms with Crippen molar-refractivity contribution < 1.29 is 32.4 Å². The van der Waals surface area contributed by atoms with E-state index >= 15 is 0 Å². The van der Waals surface area contributed by atoms with E-state index in [2.05, 4.69) is 0 Å². The summed E-state index contributed by atoms with van der Waals surface area (Å²) >= 11 is 0.826. The number of methoxy groups -OCH3 is 2. The van der Waals surface area contributed by atoms with Crippen molar-refractivity contribution in [2.45, 2.75) is 24.5 Å². The standard InChI is InChI=1S/C20H21F3N2O5S/c1-4-24(11-13-5-7-16(29-2)17(9-13)30-3)19(26)12-31-18-8-6-14(20(21,22)23)10-15(18)25(27)28/h5-10H,4,11-12H2,1-3H3. The van der Waals surface area contributed by atoms with E-state index in [9.17, 15) is 28.1 Å². The smallest absolute Gasteiger partial charge is 0.416 e. The lowest BCUT2D eigenvalue weighted by Crippen LogP contribution is -2.31. The van der Waals surface area contributed by atoms with E-state index in [4.69, 9.17) is 9.47 Å². The van der Waals surface area contributed by atoms with Crippen LogP contribution < -0.4 is 9.47 Å². The van der Waals surface area contributed by atoms with E-state index in [0.717, 1.165) is 29.5 Å². The number of halogens is 3. The molecule has 0 aliphatic heterocycles. The number of nitro benzene ring substituents is 1. The quantitative estimate of drug-likeness (QED) is 0.306. The summed E-state index contributed by atoms with van der Waals surface area (Å²) in [6, 6.07) is 7.50. The fraction of sp³-hybridized carbons (Fsp3) is 0.350. The third kappa shape index (κ3) is 6.27. The summed E-state index contributed by atoms with van der Waals surface area (Å²) in [5.41, 5.74) is -1.01. The van der Waals surface area contributed by atoms with Gasteiger partial charge in [-0.3, -0.25) is 14.9 Å². The number of nitrogens with zero attached hydrogens (tertiary/aromatic N) is 2. The molecule has 0 N–H and O–H groups in total. The first kappa shape index (κ1) is 24.3. The highest BCUT2D eigenvalue weighted by Gasteiger charge is 2.33. The number of hydrogen-bond donors (Lipinski definition) is 0. The summed E-state index contributed by atoms with van der Waals surface area (Å²) in [5.74, 6) is 0.591. The zero-order chi connectivity index (χ0) is 23.2. The molecule has 0 aromatic heterocycles. The topological polar surface area (TPSA) is 81.9 Å². The van der Waals surface area contributed by atoms with Crippen molar-refractivity contribution in [3.8, 4) is 11.5 Å². The fourth-order valence-corrected chi connectivity index (χ4v) is 3.67. The molecular weight excluding hydrogens is 437 g/mol. The Morgan fingerprint density at radius 3 is 2.35 bits per heavy atom. The van der Waals surface area contributed by atoms with Crippen LogP contribution in [0.1, 0.15) is 18.1 Å². The van der Waals surface area contributed by atoms with Gasteiger partial charge in [0.1, 0.15) is 0 Å². The van der Waals surface area contributed by atoms with Crippen LogP contribution >= 0.6 is 11.8 Å².